The topological polar surface area (TPSA) is 81.0 Å². The molecule has 9 heteroatoms. The Bertz CT molecular complexity index is 1030. The van der Waals surface area contributed by atoms with Gasteiger partial charge in [-0.05, 0) is 48.9 Å². The van der Waals surface area contributed by atoms with Gasteiger partial charge in [-0.25, -0.2) is 17.2 Å². The molecule has 0 radical (unpaired) electrons. The first-order valence-corrected chi connectivity index (χ1v) is 9.82. The Morgan fingerprint density at radius 2 is 1.93 bits per heavy atom. The van der Waals surface area contributed by atoms with Gasteiger partial charge in [0, 0.05) is 18.0 Å². The van der Waals surface area contributed by atoms with E-state index in [1.54, 1.807) is 25.3 Å². The van der Waals surface area contributed by atoms with Gasteiger partial charge in [-0.1, -0.05) is 0 Å². The number of aromatic nitrogens is 1. The van der Waals surface area contributed by atoms with E-state index in [1.165, 1.54) is 18.2 Å². The molecular formula is C18H17F2N3O3S. The second-order valence-corrected chi connectivity index (χ2v) is 8.21. The summed E-state index contributed by atoms with van der Waals surface area (Å²) in [7, 11) is -1.93. The third kappa shape index (κ3) is 3.46. The number of aryl methyl sites for hydroxylation is 1. The molecule has 0 amide bonds. The summed E-state index contributed by atoms with van der Waals surface area (Å²) in [5.41, 5.74) is -0.397. The zero-order valence-electron chi connectivity index (χ0n) is 14.8. The van der Waals surface area contributed by atoms with E-state index in [1.807, 2.05) is 6.92 Å². The molecule has 3 rings (SSSR count). The van der Waals surface area contributed by atoms with Crippen LogP contribution in [-0.2, 0) is 15.4 Å². The average molecular weight is 393 g/mol. The molecule has 0 spiro atoms. The van der Waals surface area contributed by atoms with E-state index in [0.29, 0.717) is 11.3 Å². The fraction of sp³-hybridized carbons (Fsp3) is 0.278. The maximum Gasteiger partial charge on any atom is 0.274 e. The number of methoxy groups -OCH3 is 1. The van der Waals surface area contributed by atoms with Crippen molar-refractivity contribution in [3.63, 3.8) is 0 Å². The maximum absolute atomic E-state index is 13.9. The highest BCUT2D eigenvalue weighted by Gasteiger charge is 2.45. The van der Waals surface area contributed by atoms with Crippen molar-refractivity contribution in [1.82, 2.24) is 4.98 Å². The molecule has 1 aliphatic heterocycles. The van der Waals surface area contributed by atoms with Gasteiger partial charge in [-0.2, -0.15) is 10.2 Å². The minimum absolute atomic E-state index is 0.0550. The summed E-state index contributed by atoms with van der Waals surface area (Å²) in [6.45, 7) is 1.83. The first-order valence-electron chi connectivity index (χ1n) is 7.93. The Hall–Kier alpha value is -2.68. The third-order valence-corrected chi connectivity index (χ3v) is 5.38. The summed E-state index contributed by atoms with van der Waals surface area (Å²) in [6.07, 6.45) is 0.413. The number of sulfone groups is 1. The van der Waals surface area contributed by atoms with E-state index in [2.05, 4.69) is 15.2 Å². The molecule has 1 unspecified atom stereocenters. The second-order valence-electron chi connectivity index (χ2n) is 6.19. The van der Waals surface area contributed by atoms with E-state index in [-0.39, 0.29) is 16.3 Å². The van der Waals surface area contributed by atoms with Crippen LogP contribution in [0.15, 0.2) is 57.7 Å². The van der Waals surface area contributed by atoms with Gasteiger partial charge in [0.25, 0.3) is 6.43 Å². The SMILES string of the molecule is COc1ccc(C2=CC(c3ccc(S(C)(=O)=O)cn3)(C(F)F)N=N2)cc1C. The zero-order valence-corrected chi connectivity index (χ0v) is 15.7. The highest BCUT2D eigenvalue weighted by Crippen LogP contribution is 2.42. The van der Waals surface area contributed by atoms with Gasteiger partial charge in [-0.15, -0.1) is 0 Å². The molecule has 0 aliphatic carbocycles. The second kappa shape index (κ2) is 6.80. The molecule has 0 saturated carbocycles. The molecule has 1 atom stereocenters. The third-order valence-electron chi connectivity index (χ3n) is 4.28. The summed E-state index contributed by atoms with van der Waals surface area (Å²) in [5.74, 6) is 0.674. The van der Waals surface area contributed by atoms with E-state index >= 15 is 0 Å². The summed E-state index contributed by atoms with van der Waals surface area (Å²) in [6, 6.07) is 7.67. The van der Waals surface area contributed by atoms with Crippen LogP contribution in [0.4, 0.5) is 8.78 Å². The zero-order chi connectivity index (χ0) is 19.8. The van der Waals surface area contributed by atoms with E-state index in [4.69, 9.17) is 4.74 Å². The molecule has 27 heavy (non-hydrogen) atoms. The van der Waals surface area contributed by atoms with Crippen molar-refractivity contribution >= 4 is 15.5 Å². The molecule has 0 bridgehead atoms. The van der Waals surface area contributed by atoms with Gasteiger partial charge >= 0.3 is 0 Å². The molecule has 1 aromatic carbocycles. The monoisotopic (exact) mass is 393 g/mol. The van der Waals surface area contributed by atoms with E-state index in [0.717, 1.165) is 18.0 Å². The lowest BCUT2D eigenvalue weighted by Crippen LogP contribution is -2.29. The Kier molecular flexibility index (Phi) is 4.81. The Labute approximate surface area is 155 Å². The van der Waals surface area contributed by atoms with Gasteiger partial charge in [0.2, 0.25) is 5.54 Å². The van der Waals surface area contributed by atoms with E-state index in [9.17, 15) is 17.2 Å². The van der Waals surface area contributed by atoms with Crippen molar-refractivity contribution in [2.45, 2.75) is 23.8 Å². The van der Waals surface area contributed by atoms with Crippen LogP contribution in [0.5, 0.6) is 5.75 Å². The molecule has 6 nitrogen and oxygen atoms in total. The number of benzene rings is 1. The van der Waals surface area contributed by atoms with Crippen molar-refractivity contribution < 1.29 is 21.9 Å². The fourth-order valence-electron chi connectivity index (χ4n) is 2.76. The Balaban J connectivity index is 2.04. The number of ether oxygens (including phenoxy) is 1. The van der Waals surface area contributed by atoms with E-state index < -0.39 is 21.8 Å². The van der Waals surface area contributed by atoms with Crippen LogP contribution in [0.1, 0.15) is 16.8 Å². The molecule has 0 saturated heterocycles. The first-order chi connectivity index (χ1) is 12.7. The van der Waals surface area contributed by atoms with Gasteiger partial charge in [0.05, 0.1) is 23.4 Å². The number of alkyl halides is 2. The van der Waals surface area contributed by atoms with Gasteiger partial charge in [0.15, 0.2) is 9.84 Å². The Morgan fingerprint density at radius 1 is 1.19 bits per heavy atom. The molecule has 1 aliphatic rings. The minimum atomic E-state index is -3.48. The number of pyridine rings is 1. The fourth-order valence-corrected chi connectivity index (χ4v) is 3.32. The lowest BCUT2D eigenvalue weighted by molar-refractivity contribution is 0.0766. The number of hydrogen-bond acceptors (Lipinski definition) is 6. The van der Waals surface area contributed by atoms with Gasteiger partial charge in [0.1, 0.15) is 5.75 Å². The number of halogens is 2. The predicted octanol–water partition coefficient (Wildman–Crippen LogP) is 3.77. The van der Waals surface area contributed by atoms with Gasteiger partial charge < -0.3 is 4.74 Å². The predicted molar refractivity (Wildman–Crippen MR) is 95.6 cm³/mol. The lowest BCUT2D eigenvalue weighted by atomic mass is 9.94. The number of rotatable bonds is 5. The standard InChI is InChI=1S/C18H17F2N3O3S/c1-11-8-12(4-6-15(11)26-2)14-9-18(17(19)20,23-22-14)16-7-5-13(10-21-16)27(3,24)25/h4-10,17H,1-3H3. The average Bonchev–Trinajstić information content (AvgIpc) is 3.08. The highest BCUT2D eigenvalue weighted by atomic mass is 32.2. The number of hydrogen-bond donors (Lipinski definition) is 0. The molecule has 0 fully saturated rings. The molecule has 0 N–H and O–H groups in total. The largest absolute Gasteiger partial charge is 0.496 e. The van der Waals surface area contributed by atoms with Gasteiger partial charge in [-0.3, -0.25) is 4.98 Å². The number of nitrogens with zero attached hydrogens (tertiary/aromatic N) is 3. The first kappa shape index (κ1) is 19.1. The molecule has 142 valence electrons. The summed E-state index contributed by atoms with van der Waals surface area (Å²) < 4.78 is 56.1. The normalized spacial score (nSPS) is 19.4. The smallest absolute Gasteiger partial charge is 0.274 e. The van der Waals surface area contributed by atoms with Crippen LogP contribution >= 0.6 is 0 Å². The minimum Gasteiger partial charge on any atom is -0.496 e. The van der Waals surface area contributed by atoms with Crippen LogP contribution in [0.2, 0.25) is 0 Å². The molecule has 1 aromatic heterocycles. The van der Waals surface area contributed by atoms with Crippen LogP contribution < -0.4 is 4.74 Å². The summed E-state index contributed by atoms with van der Waals surface area (Å²) >= 11 is 0. The summed E-state index contributed by atoms with van der Waals surface area (Å²) in [4.78, 5) is 3.86. The molecular weight excluding hydrogens is 376 g/mol. The highest BCUT2D eigenvalue weighted by molar-refractivity contribution is 7.90. The van der Waals surface area contributed by atoms with Crippen molar-refractivity contribution in [2.75, 3.05) is 13.4 Å². The molecule has 2 heterocycles. The van der Waals surface area contributed by atoms with Crippen molar-refractivity contribution in [2.24, 2.45) is 10.2 Å². The molecule has 2 aromatic rings. The van der Waals surface area contributed by atoms with Crippen LogP contribution in [0, 0.1) is 6.92 Å². The maximum atomic E-state index is 13.9. The summed E-state index contributed by atoms with van der Waals surface area (Å²) in [5, 5.41) is 7.73. The van der Waals surface area contributed by atoms with Crippen molar-refractivity contribution in [1.29, 1.82) is 0 Å². The van der Waals surface area contributed by atoms with Crippen molar-refractivity contribution in [3.8, 4) is 5.75 Å². The quantitative estimate of drug-likeness (QED) is 0.774. The van der Waals surface area contributed by atoms with Crippen LogP contribution in [0.3, 0.4) is 0 Å². The van der Waals surface area contributed by atoms with Crippen LogP contribution in [0.25, 0.3) is 5.70 Å². The number of azo groups is 1. The van der Waals surface area contributed by atoms with Crippen LogP contribution in [-0.4, -0.2) is 33.2 Å². The lowest BCUT2D eigenvalue weighted by Gasteiger charge is -2.20. The van der Waals surface area contributed by atoms with Crippen molar-refractivity contribution in [3.05, 3.63) is 59.4 Å². The Morgan fingerprint density at radius 3 is 2.44 bits per heavy atom.